The molecule has 1 heterocycles. The van der Waals surface area contributed by atoms with Crippen molar-refractivity contribution in [1.82, 2.24) is 9.80 Å². The fraction of sp³-hybridized carbons (Fsp3) is 1.00. The van der Waals surface area contributed by atoms with Crippen molar-refractivity contribution in [3.05, 3.63) is 0 Å². The Morgan fingerprint density at radius 1 is 1.25 bits per heavy atom. The SMILES string of the molecule is CC1CN(C(C)C)CC1N(C)C. The zero-order chi connectivity index (χ0) is 9.30. The fourth-order valence-electron chi connectivity index (χ4n) is 2.08. The van der Waals surface area contributed by atoms with Crippen LogP contribution in [0.2, 0.25) is 0 Å². The summed E-state index contributed by atoms with van der Waals surface area (Å²) >= 11 is 0. The van der Waals surface area contributed by atoms with E-state index in [4.69, 9.17) is 0 Å². The van der Waals surface area contributed by atoms with Gasteiger partial charge >= 0.3 is 0 Å². The van der Waals surface area contributed by atoms with Crippen molar-refractivity contribution in [2.45, 2.75) is 32.9 Å². The van der Waals surface area contributed by atoms with Crippen molar-refractivity contribution in [1.29, 1.82) is 0 Å². The third-order valence-electron chi connectivity index (χ3n) is 2.99. The first-order chi connectivity index (χ1) is 5.52. The Bertz CT molecular complexity index is 143. The van der Waals surface area contributed by atoms with Gasteiger partial charge in [-0.2, -0.15) is 0 Å². The molecule has 1 aliphatic rings. The van der Waals surface area contributed by atoms with Crippen LogP contribution in [0.15, 0.2) is 0 Å². The van der Waals surface area contributed by atoms with E-state index in [9.17, 15) is 0 Å². The topological polar surface area (TPSA) is 6.48 Å². The van der Waals surface area contributed by atoms with Crippen LogP contribution in [0.5, 0.6) is 0 Å². The third kappa shape index (κ3) is 1.99. The van der Waals surface area contributed by atoms with Crippen molar-refractivity contribution < 1.29 is 0 Å². The average Bonchev–Trinajstić information content (AvgIpc) is 2.30. The quantitative estimate of drug-likeness (QED) is 0.616. The first-order valence-electron chi connectivity index (χ1n) is 4.93. The molecule has 0 spiro atoms. The Balaban J connectivity index is 2.50. The lowest BCUT2D eigenvalue weighted by atomic mass is 10.1. The lowest BCUT2D eigenvalue weighted by Crippen LogP contribution is -2.35. The van der Waals surface area contributed by atoms with Gasteiger partial charge in [0.05, 0.1) is 0 Å². The van der Waals surface area contributed by atoms with Crippen LogP contribution >= 0.6 is 0 Å². The normalized spacial score (nSPS) is 32.2. The maximum atomic E-state index is 2.56. The minimum atomic E-state index is 0.706. The van der Waals surface area contributed by atoms with Crippen LogP contribution in [0.4, 0.5) is 0 Å². The van der Waals surface area contributed by atoms with Gasteiger partial charge in [-0.1, -0.05) is 6.92 Å². The molecular weight excluding hydrogens is 148 g/mol. The van der Waals surface area contributed by atoms with Crippen LogP contribution in [-0.4, -0.2) is 49.1 Å². The van der Waals surface area contributed by atoms with Crippen molar-refractivity contribution in [3.63, 3.8) is 0 Å². The standard InChI is InChI=1S/C10H22N2/c1-8(2)12-6-9(3)10(7-12)11(4)5/h8-10H,6-7H2,1-5H3. The Morgan fingerprint density at radius 2 is 1.83 bits per heavy atom. The van der Waals surface area contributed by atoms with E-state index in [0.717, 1.165) is 12.0 Å². The van der Waals surface area contributed by atoms with Gasteiger partial charge in [-0.05, 0) is 33.9 Å². The molecule has 1 aliphatic heterocycles. The molecule has 0 aromatic heterocycles. The number of hydrogen-bond acceptors (Lipinski definition) is 2. The first kappa shape index (κ1) is 10.0. The number of likely N-dealkylation sites (tertiary alicyclic amines) is 1. The van der Waals surface area contributed by atoms with Gasteiger partial charge in [-0.3, -0.25) is 4.90 Å². The summed E-state index contributed by atoms with van der Waals surface area (Å²) in [5.41, 5.74) is 0. The monoisotopic (exact) mass is 170 g/mol. The Hall–Kier alpha value is -0.0800. The van der Waals surface area contributed by atoms with E-state index < -0.39 is 0 Å². The predicted molar refractivity (Wildman–Crippen MR) is 53.3 cm³/mol. The molecule has 1 fully saturated rings. The summed E-state index contributed by atoms with van der Waals surface area (Å²) in [6, 6.07) is 1.46. The van der Waals surface area contributed by atoms with E-state index >= 15 is 0 Å². The van der Waals surface area contributed by atoms with Crippen LogP contribution in [0, 0.1) is 5.92 Å². The minimum Gasteiger partial charge on any atom is -0.305 e. The molecule has 1 rings (SSSR count). The number of nitrogens with zero attached hydrogens (tertiary/aromatic N) is 2. The minimum absolute atomic E-state index is 0.706. The highest BCUT2D eigenvalue weighted by molar-refractivity contribution is 4.87. The van der Waals surface area contributed by atoms with Gasteiger partial charge in [-0.15, -0.1) is 0 Å². The molecule has 2 atom stereocenters. The molecule has 0 N–H and O–H groups in total. The predicted octanol–water partition coefficient (Wildman–Crippen LogP) is 1.28. The second-order valence-electron chi connectivity index (χ2n) is 4.56. The van der Waals surface area contributed by atoms with Crippen LogP contribution in [0.3, 0.4) is 0 Å². The second kappa shape index (κ2) is 3.75. The lowest BCUT2D eigenvalue weighted by molar-refractivity contribution is 0.233. The van der Waals surface area contributed by atoms with Crippen molar-refractivity contribution in [2.24, 2.45) is 5.92 Å². The Morgan fingerprint density at radius 3 is 2.08 bits per heavy atom. The first-order valence-corrected chi connectivity index (χ1v) is 4.93. The van der Waals surface area contributed by atoms with Crippen molar-refractivity contribution in [3.8, 4) is 0 Å². The molecule has 0 aromatic carbocycles. The zero-order valence-electron chi connectivity index (χ0n) is 9.04. The maximum absolute atomic E-state index is 2.56. The van der Waals surface area contributed by atoms with Gasteiger partial charge in [0.2, 0.25) is 0 Å². The smallest absolute Gasteiger partial charge is 0.0254 e. The van der Waals surface area contributed by atoms with Crippen molar-refractivity contribution in [2.75, 3.05) is 27.2 Å². The van der Waals surface area contributed by atoms with E-state index in [0.29, 0.717) is 6.04 Å². The van der Waals surface area contributed by atoms with Crippen LogP contribution in [0.25, 0.3) is 0 Å². The summed E-state index contributed by atoms with van der Waals surface area (Å²) in [5.74, 6) is 0.822. The highest BCUT2D eigenvalue weighted by atomic mass is 15.2. The Labute approximate surface area is 76.5 Å². The molecule has 0 bridgehead atoms. The summed E-state index contributed by atoms with van der Waals surface area (Å²) in [6.07, 6.45) is 0. The highest BCUT2D eigenvalue weighted by Gasteiger charge is 2.31. The van der Waals surface area contributed by atoms with E-state index in [1.807, 2.05) is 0 Å². The molecule has 2 nitrogen and oxygen atoms in total. The summed E-state index contributed by atoms with van der Waals surface area (Å²) in [6.45, 7) is 9.43. The zero-order valence-corrected chi connectivity index (χ0v) is 9.04. The molecule has 0 radical (unpaired) electrons. The molecule has 1 saturated heterocycles. The van der Waals surface area contributed by atoms with Gasteiger partial charge in [0, 0.05) is 25.2 Å². The molecule has 0 amide bonds. The van der Waals surface area contributed by atoms with E-state index in [1.54, 1.807) is 0 Å². The lowest BCUT2D eigenvalue weighted by Gasteiger charge is -2.23. The van der Waals surface area contributed by atoms with Gasteiger partial charge < -0.3 is 4.90 Å². The van der Waals surface area contributed by atoms with E-state index in [-0.39, 0.29) is 0 Å². The second-order valence-corrected chi connectivity index (χ2v) is 4.56. The van der Waals surface area contributed by atoms with Gasteiger partial charge in [0.25, 0.3) is 0 Å². The summed E-state index contributed by atoms with van der Waals surface area (Å²) < 4.78 is 0. The molecule has 2 unspecified atom stereocenters. The summed E-state index contributed by atoms with van der Waals surface area (Å²) in [7, 11) is 4.37. The van der Waals surface area contributed by atoms with Crippen LogP contribution < -0.4 is 0 Å². The molecule has 0 saturated carbocycles. The van der Waals surface area contributed by atoms with E-state index in [2.05, 4.69) is 44.7 Å². The highest BCUT2D eigenvalue weighted by Crippen LogP contribution is 2.21. The summed E-state index contributed by atoms with van der Waals surface area (Å²) in [4.78, 5) is 4.92. The molecule has 72 valence electrons. The molecule has 0 aromatic rings. The Kier molecular flexibility index (Phi) is 3.13. The van der Waals surface area contributed by atoms with E-state index in [1.165, 1.54) is 13.1 Å². The maximum Gasteiger partial charge on any atom is 0.0254 e. The van der Waals surface area contributed by atoms with Gasteiger partial charge in [0.15, 0.2) is 0 Å². The number of likely N-dealkylation sites (N-methyl/N-ethyl adjacent to an activating group) is 1. The molecular formula is C10H22N2. The molecule has 0 aliphatic carbocycles. The number of hydrogen-bond donors (Lipinski definition) is 0. The summed E-state index contributed by atoms with van der Waals surface area (Å²) in [5, 5.41) is 0. The third-order valence-corrected chi connectivity index (χ3v) is 2.99. The largest absolute Gasteiger partial charge is 0.305 e. The van der Waals surface area contributed by atoms with Crippen molar-refractivity contribution >= 4 is 0 Å². The van der Waals surface area contributed by atoms with Gasteiger partial charge in [0.1, 0.15) is 0 Å². The van der Waals surface area contributed by atoms with Crippen LogP contribution in [-0.2, 0) is 0 Å². The fourth-order valence-corrected chi connectivity index (χ4v) is 2.08. The average molecular weight is 170 g/mol. The van der Waals surface area contributed by atoms with Crippen LogP contribution in [0.1, 0.15) is 20.8 Å². The van der Waals surface area contributed by atoms with Gasteiger partial charge in [-0.25, -0.2) is 0 Å². The molecule has 2 heteroatoms. The molecule has 12 heavy (non-hydrogen) atoms. The number of rotatable bonds is 2.